The van der Waals surface area contributed by atoms with E-state index in [2.05, 4.69) is 5.32 Å². The highest BCUT2D eigenvalue weighted by Gasteiger charge is 2.16. The van der Waals surface area contributed by atoms with E-state index in [1.54, 1.807) is 31.3 Å². The molecule has 0 saturated carbocycles. The maximum absolute atomic E-state index is 11.6. The number of hydrogen-bond acceptors (Lipinski definition) is 3. The molecule has 1 aromatic carbocycles. The van der Waals surface area contributed by atoms with E-state index in [1.165, 1.54) is 18.4 Å². The molecule has 0 fully saturated rings. The SMILES string of the molecule is CNc1ccc(S(=O)(=O)N(C)C)cc1.Cl. The Kier molecular flexibility index (Phi) is 5.07. The maximum Gasteiger partial charge on any atom is 0.242 e. The Balaban J connectivity index is 0.00000196. The number of sulfonamides is 1. The zero-order valence-electron chi connectivity index (χ0n) is 8.89. The molecule has 1 aromatic rings. The first kappa shape index (κ1) is 14.2. The van der Waals surface area contributed by atoms with Gasteiger partial charge >= 0.3 is 0 Å². The van der Waals surface area contributed by atoms with Crippen molar-refractivity contribution in [3.05, 3.63) is 24.3 Å². The molecule has 4 nitrogen and oxygen atoms in total. The highest BCUT2D eigenvalue weighted by atomic mass is 35.5. The fraction of sp³-hybridized carbons (Fsp3) is 0.333. The maximum atomic E-state index is 11.6. The molecule has 0 amide bonds. The zero-order valence-corrected chi connectivity index (χ0v) is 10.5. The lowest BCUT2D eigenvalue weighted by Gasteiger charge is -2.11. The molecule has 0 bridgehead atoms. The van der Waals surface area contributed by atoms with Crippen LogP contribution in [-0.2, 0) is 10.0 Å². The van der Waals surface area contributed by atoms with Crippen molar-refractivity contribution >= 4 is 28.1 Å². The minimum absolute atomic E-state index is 0. The highest BCUT2D eigenvalue weighted by Crippen LogP contribution is 2.15. The van der Waals surface area contributed by atoms with Crippen LogP contribution in [0.15, 0.2) is 29.2 Å². The van der Waals surface area contributed by atoms with E-state index in [0.29, 0.717) is 4.90 Å². The van der Waals surface area contributed by atoms with E-state index in [9.17, 15) is 8.42 Å². The first-order chi connectivity index (χ1) is 6.48. The standard InChI is InChI=1S/C9H14N2O2S.ClH/c1-10-8-4-6-9(7-5-8)14(12,13)11(2)3;/h4-7,10H,1-3H3;1H. The molecular formula is C9H15ClN2O2S. The van der Waals surface area contributed by atoms with E-state index >= 15 is 0 Å². The van der Waals surface area contributed by atoms with Crippen molar-refractivity contribution in [3.63, 3.8) is 0 Å². The number of benzene rings is 1. The van der Waals surface area contributed by atoms with E-state index in [-0.39, 0.29) is 12.4 Å². The van der Waals surface area contributed by atoms with Crippen molar-refractivity contribution < 1.29 is 8.42 Å². The van der Waals surface area contributed by atoms with Gasteiger partial charge < -0.3 is 5.32 Å². The van der Waals surface area contributed by atoms with Gasteiger partial charge in [-0.1, -0.05) is 0 Å². The molecule has 0 radical (unpaired) electrons. The summed E-state index contributed by atoms with van der Waals surface area (Å²) in [6, 6.07) is 6.63. The summed E-state index contributed by atoms with van der Waals surface area (Å²) in [5.41, 5.74) is 0.891. The van der Waals surface area contributed by atoms with Crippen molar-refractivity contribution in [1.82, 2.24) is 4.31 Å². The van der Waals surface area contributed by atoms with Gasteiger partial charge in [-0.05, 0) is 24.3 Å². The van der Waals surface area contributed by atoms with Crippen molar-refractivity contribution in [3.8, 4) is 0 Å². The minimum atomic E-state index is -3.30. The summed E-state index contributed by atoms with van der Waals surface area (Å²) in [4.78, 5) is 0.307. The molecule has 0 atom stereocenters. The van der Waals surface area contributed by atoms with Gasteiger partial charge in [0.15, 0.2) is 0 Å². The van der Waals surface area contributed by atoms with Crippen LogP contribution in [-0.4, -0.2) is 33.9 Å². The van der Waals surface area contributed by atoms with Crippen molar-refractivity contribution in [2.24, 2.45) is 0 Å². The van der Waals surface area contributed by atoms with Crippen LogP contribution in [0.3, 0.4) is 0 Å². The van der Waals surface area contributed by atoms with Crippen LogP contribution in [0.1, 0.15) is 0 Å². The van der Waals surface area contributed by atoms with Crippen molar-refractivity contribution in [2.75, 3.05) is 26.5 Å². The summed E-state index contributed by atoms with van der Waals surface area (Å²) in [5.74, 6) is 0. The summed E-state index contributed by atoms with van der Waals surface area (Å²) in [5, 5.41) is 2.93. The number of nitrogens with one attached hydrogen (secondary N) is 1. The average Bonchev–Trinajstić information content (AvgIpc) is 2.17. The Bertz CT molecular complexity index is 401. The predicted octanol–water partition coefficient (Wildman–Crippen LogP) is 1.40. The molecule has 0 saturated heterocycles. The summed E-state index contributed by atoms with van der Waals surface area (Å²) in [6.07, 6.45) is 0. The van der Waals surface area contributed by atoms with Crippen LogP contribution in [0.4, 0.5) is 5.69 Å². The second-order valence-electron chi connectivity index (χ2n) is 3.06. The first-order valence-corrected chi connectivity index (χ1v) is 5.63. The van der Waals surface area contributed by atoms with Gasteiger partial charge in [0, 0.05) is 26.8 Å². The number of anilines is 1. The second-order valence-corrected chi connectivity index (χ2v) is 5.21. The highest BCUT2D eigenvalue weighted by molar-refractivity contribution is 7.89. The smallest absolute Gasteiger partial charge is 0.242 e. The number of hydrogen-bond donors (Lipinski definition) is 1. The Labute approximate surface area is 96.7 Å². The van der Waals surface area contributed by atoms with Crippen LogP contribution in [0.2, 0.25) is 0 Å². The fourth-order valence-corrected chi connectivity index (χ4v) is 1.91. The fourth-order valence-electron chi connectivity index (χ4n) is 1.00. The number of nitrogens with zero attached hydrogens (tertiary/aromatic N) is 1. The lowest BCUT2D eigenvalue weighted by molar-refractivity contribution is 0.521. The first-order valence-electron chi connectivity index (χ1n) is 4.19. The molecule has 1 N–H and O–H groups in total. The topological polar surface area (TPSA) is 49.4 Å². The lowest BCUT2D eigenvalue weighted by atomic mass is 10.3. The zero-order chi connectivity index (χ0) is 10.8. The average molecular weight is 251 g/mol. The van der Waals surface area contributed by atoms with E-state index in [4.69, 9.17) is 0 Å². The molecule has 1 rings (SSSR count). The van der Waals surface area contributed by atoms with Crippen LogP contribution < -0.4 is 5.32 Å². The van der Waals surface area contributed by atoms with Crippen LogP contribution in [0.25, 0.3) is 0 Å². The summed E-state index contributed by atoms with van der Waals surface area (Å²) in [7, 11) is 1.52. The Morgan fingerprint density at radius 2 is 1.60 bits per heavy atom. The van der Waals surface area contributed by atoms with E-state index in [0.717, 1.165) is 5.69 Å². The van der Waals surface area contributed by atoms with Gasteiger partial charge in [-0.3, -0.25) is 0 Å². The third kappa shape index (κ3) is 3.09. The summed E-state index contributed by atoms with van der Waals surface area (Å²) < 4.78 is 24.5. The largest absolute Gasteiger partial charge is 0.388 e. The summed E-state index contributed by atoms with van der Waals surface area (Å²) >= 11 is 0. The Hall–Kier alpha value is -0.780. The molecule has 86 valence electrons. The summed E-state index contributed by atoms with van der Waals surface area (Å²) in [6.45, 7) is 0. The van der Waals surface area contributed by atoms with Crippen LogP contribution in [0.5, 0.6) is 0 Å². The predicted molar refractivity (Wildman–Crippen MR) is 64.1 cm³/mol. The molecule has 6 heteroatoms. The molecule has 0 aromatic heterocycles. The second kappa shape index (κ2) is 5.34. The quantitative estimate of drug-likeness (QED) is 0.882. The van der Waals surface area contributed by atoms with Gasteiger partial charge in [-0.25, -0.2) is 12.7 Å². The molecule has 0 spiro atoms. The molecule has 0 aliphatic carbocycles. The molecule has 0 unspecified atom stereocenters. The number of rotatable bonds is 3. The Morgan fingerprint density at radius 1 is 1.13 bits per heavy atom. The van der Waals surface area contributed by atoms with Gasteiger partial charge in [0.1, 0.15) is 0 Å². The van der Waals surface area contributed by atoms with Crippen LogP contribution in [0, 0.1) is 0 Å². The molecule has 0 heterocycles. The van der Waals surface area contributed by atoms with Crippen LogP contribution >= 0.6 is 12.4 Å². The molecule has 0 aliphatic heterocycles. The third-order valence-corrected chi connectivity index (χ3v) is 3.75. The third-order valence-electron chi connectivity index (χ3n) is 1.92. The van der Waals surface area contributed by atoms with Crippen molar-refractivity contribution in [1.29, 1.82) is 0 Å². The molecule has 15 heavy (non-hydrogen) atoms. The van der Waals surface area contributed by atoms with Gasteiger partial charge in [0.2, 0.25) is 10.0 Å². The lowest BCUT2D eigenvalue weighted by Crippen LogP contribution is -2.22. The molecule has 0 aliphatic rings. The van der Waals surface area contributed by atoms with Gasteiger partial charge in [-0.2, -0.15) is 0 Å². The monoisotopic (exact) mass is 250 g/mol. The minimum Gasteiger partial charge on any atom is -0.388 e. The Morgan fingerprint density at radius 3 is 1.93 bits per heavy atom. The van der Waals surface area contributed by atoms with E-state index < -0.39 is 10.0 Å². The number of halogens is 1. The van der Waals surface area contributed by atoms with Gasteiger partial charge in [-0.15, -0.1) is 12.4 Å². The normalized spacial score (nSPS) is 10.9. The van der Waals surface area contributed by atoms with Gasteiger partial charge in [0.05, 0.1) is 4.90 Å². The molecular weight excluding hydrogens is 236 g/mol. The van der Waals surface area contributed by atoms with Crippen molar-refractivity contribution in [2.45, 2.75) is 4.90 Å². The van der Waals surface area contributed by atoms with Gasteiger partial charge in [0.25, 0.3) is 0 Å². The van der Waals surface area contributed by atoms with E-state index in [1.807, 2.05) is 0 Å².